The van der Waals surface area contributed by atoms with Crippen molar-refractivity contribution in [1.29, 1.82) is 0 Å². The second-order valence-corrected chi connectivity index (χ2v) is 31.3. The zero-order valence-corrected chi connectivity index (χ0v) is 71.8. The normalized spacial score (nSPS) is 13.1. The molecule has 0 bridgehead atoms. The van der Waals surface area contributed by atoms with Crippen LogP contribution < -0.4 is 26.0 Å². The van der Waals surface area contributed by atoms with E-state index in [-0.39, 0.29) is 64.7 Å². The van der Waals surface area contributed by atoms with E-state index in [1.54, 1.807) is 135 Å². The van der Waals surface area contributed by atoms with E-state index in [4.69, 9.17) is 38.8 Å². The fourth-order valence-corrected chi connectivity index (χ4v) is 14.3. The molecule has 19 rings (SSSR count). The summed E-state index contributed by atoms with van der Waals surface area (Å²) in [5.41, 5.74) is 14.0. The predicted octanol–water partition coefficient (Wildman–Crippen LogP) is 18.9. The molecule has 2 fully saturated rings. The Bertz CT molecular complexity index is 6800. The van der Waals surface area contributed by atoms with Crippen LogP contribution in [0.3, 0.4) is 0 Å². The number of ether oxygens (including phenoxy) is 1. The largest absolute Gasteiger partial charge is 0.497 e. The summed E-state index contributed by atoms with van der Waals surface area (Å²) in [6.07, 6.45) is 10.5. The van der Waals surface area contributed by atoms with Crippen molar-refractivity contribution in [3.05, 3.63) is 334 Å². The number of halogens is 4. The Labute approximate surface area is 740 Å². The smallest absolute Gasteiger partial charge is 0.270 e. The molecule has 4 atom stereocenters. The Hall–Kier alpha value is -15.8. The number of carbonyl (C=O) groups excluding carboxylic acids is 4. The van der Waals surface area contributed by atoms with E-state index in [9.17, 15) is 32.3 Å². The van der Waals surface area contributed by atoms with Crippen molar-refractivity contribution >= 4 is 35.2 Å². The SMILES string of the molecule is COc1ccc(-c2nn(C)cc2C(=O)NC(C)c2nc(-c3ccc(F)cc3)no2)cc1.Cc1ccc(-c2noc(C(C)NC(=O)c3cc(-c4ccco4)nn3-c3ccccc3)n2)cc1.Cc1ccc(-n2ncc(C(=O)NC(C)c3nc(-c4ccc(F)cc4)no3)c2C2CC2)c(Cl)c1.Cc1ccccc1-n1ncc(C(=O)NC(C)c2nc(-c3ccc(F)cc3)no2)c1C1CC1. The van der Waals surface area contributed by atoms with E-state index in [1.165, 1.54) is 36.4 Å². The van der Waals surface area contributed by atoms with Gasteiger partial charge in [-0.25, -0.2) is 27.2 Å². The van der Waals surface area contributed by atoms with E-state index in [0.29, 0.717) is 102 Å². The Morgan fingerprint density at radius 1 is 0.450 bits per heavy atom. The number of hydrogen-bond donors (Lipinski definition) is 4. The van der Waals surface area contributed by atoms with Gasteiger partial charge in [-0.3, -0.25) is 23.9 Å². The molecule has 4 N–H and O–H groups in total. The Morgan fingerprint density at radius 3 is 1.30 bits per heavy atom. The summed E-state index contributed by atoms with van der Waals surface area (Å²) < 4.78 is 78.3. The molecule has 2 aliphatic rings. The lowest BCUT2D eigenvalue weighted by molar-refractivity contribution is 0.0918. The molecule has 8 aromatic carbocycles. The number of rotatable bonds is 24. The number of nitrogens with one attached hydrogen (secondary N) is 4. The summed E-state index contributed by atoms with van der Waals surface area (Å²) in [6, 6.07) is 58.9. The zero-order chi connectivity index (χ0) is 90.1. The third-order valence-electron chi connectivity index (χ3n) is 21.1. The quantitative estimate of drug-likeness (QED) is 0.0436. The Morgan fingerprint density at radius 2 is 0.868 bits per heavy atom. The minimum Gasteiger partial charge on any atom is -0.497 e. The van der Waals surface area contributed by atoms with Crippen LogP contribution in [0.5, 0.6) is 5.75 Å². The maximum absolute atomic E-state index is 13.2. The van der Waals surface area contributed by atoms with Crippen LogP contribution in [0.4, 0.5) is 13.2 Å². The van der Waals surface area contributed by atoms with Crippen LogP contribution in [0, 0.1) is 38.2 Å². The molecule has 17 aromatic rings. The molecule has 0 aliphatic heterocycles. The van der Waals surface area contributed by atoms with E-state index in [0.717, 1.165) is 82.0 Å². The van der Waals surface area contributed by atoms with Crippen molar-refractivity contribution < 1.29 is 59.6 Å². The summed E-state index contributed by atoms with van der Waals surface area (Å²) >= 11 is 6.47. The maximum Gasteiger partial charge on any atom is 0.270 e. The average Bonchev–Trinajstić information content (AvgIpc) is 1.61. The summed E-state index contributed by atoms with van der Waals surface area (Å²) in [6.45, 7) is 13.1. The topological polar surface area (TPSA) is 366 Å². The molecular weight excluding hydrogens is 1670 g/mol. The number of hydrogen-bond acceptors (Lipinski definition) is 22. The molecule has 30 nitrogen and oxygen atoms in total. The highest BCUT2D eigenvalue weighted by atomic mass is 35.5. The summed E-state index contributed by atoms with van der Waals surface area (Å²) in [7, 11) is 3.34. The van der Waals surface area contributed by atoms with Gasteiger partial charge in [-0.2, -0.15) is 40.3 Å². The van der Waals surface area contributed by atoms with Crippen LogP contribution in [-0.2, 0) is 7.05 Å². The number of nitrogens with zero attached hydrogens (tertiary/aromatic N) is 16. The van der Waals surface area contributed by atoms with Crippen molar-refractivity contribution in [2.75, 3.05) is 7.11 Å². The van der Waals surface area contributed by atoms with Gasteiger partial charge in [0.15, 0.2) is 5.76 Å². The van der Waals surface area contributed by atoms with Gasteiger partial charge in [-0.05, 0) is 225 Å². The lowest BCUT2D eigenvalue weighted by Crippen LogP contribution is -2.28. The van der Waals surface area contributed by atoms with Gasteiger partial charge in [0.25, 0.3) is 23.6 Å². The molecule has 2 aliphatic carbocycles. The predicted molar refractivity (Wildman–Crippen MR) is 469 cm³/mol. The van der Waals surface area contributed by atoms with Crippen molar-refractivity contribution in [2.24, 2.45) is 7.05 Å². The third kappa shape index (κ3) is 20.3. The average molecular weight is 1760 g/mol. The van der Waals surface area contributed by atoms with Gasteiger partial charge in [0.05, 0.1) is 75.9 Å². The molecule has 4 amide bonds. The van der Waals surface area contributed by atoms with Crippen LogP contribution in [0.15, 0.2) is 260 Å². The van der Waals surface area contributed by atoms with Gasteiger partial charge in [0.1, 0.15) is 64.5 Å². The molecule has 4 unspecified atom stereocenters. The summed E-state index contributed by atoms with van der Waals surface area (Å²) in [4.78, 5) is 69.9. The molecular formula is C95H84ClF3N20O10. The number of benzene rings is 8. The van der Waals surface area contributed by atoms with Crippen molar-refractivity contribution in [3.8, 4) is 91.1 Å². The lowest BCUT2D eigenvalue weighted by atomic mass is 10.1. The number of para-hydroxylation sites is 2. The van der Waals surface area contributed by atoms with Crippen LogP contribution in [0.2, 0.25) is 5.02 Å². The monoisotopic (exact) mass is 1760 g/mol. The first kappa shape index (κ1) is 86.7. The molecule has 0 spiro atoms. The Kier molecular flexibility index (Phi) is 25.8. The number of methoxy groups -OCH3 is 1. The first-order valence-electron chi connectivity index (χ1n) is 41.2. The second-order valence-electron chi connectivity index (χ2n) is 30.9. The fraction of sp³-hybridized carbons (Fsp3) is 0.200. The highest BCUT2D eigenvalue weighted by Gasteiger charge is 2.37. The second kappa shape index (κ2) is 38.4. The minimum atomic E-state index is -0.543. The molecule has 2 saturated carbocycles. The van der Waals surface area contributed by atoms with Gasteiger partial charge in [-0.1, -0.05) is 105 Å². The maximum atomic E-state index is 13.2. The number of carbonyl (C=O) groups is 4. The van der Waals surface area contributed by atoms with Crippen LogP contribution in [0.25, 0.3) is 85.3 Å². The number of furan rings is 1. The number of aromatic nitrogens is 16. The van der Waals surface area contributed by atoms with Crippen LogP contribution in [-0.4, -0.2) is 110 Å². The van der Waals surface area contributed by atoms with Gasteiger partial charge in [-0.15, -0.1) is 0 Å². The summed E-state index contributed by atoms with van der Waals surface area (Å²) in [5, 5.41) is 46.1. The van der Waals surface area contributed by atoms with E-state index in [2.05, 4.69) is 82.2 Å². The van der Waals surface area contributed by atoms with Gasteiger partial charge in [0, 0.05) is 59.0 Å². The van der Waals surface area contributed by atoms with Crippen LogP contribution >= 0.6 is 11.6 Å². The van der Waals surface area contributed by atoms with Gasteiger partial charge >= 0.3 is 0 Å². The van der Waals surface area contributed by atoms with Crippen LogP contribution in [0.1, 0.15) is 183 Å². The number of amides is 4. The Balaban J connectivity index is 0.000000126. The molecule has 129 heavy (non-hydrogen) atoms. The zero-order valence-electron chi connectivity index (χ0n) is 71.1. The summed E-state index contributed by atoms with van der Waals surface area (Å²) in [5.74, 6) is 2.21. The lowest BCUT2D eigenvalue weighted by Gasteiger charge is -2.13. The standard InChI is InChI=1S/C25H21N5O3.C24H21ClFN5O2.C24H22FN5O2.C22H20FN5O3/c1-16-10-12-18(13-11-16)23-27-25(33-29-23)17(2)26-24(31)21-15-20(22-9-6-14-32-22)28-30(21)19-7-4-3-5-8-19;1-13-3-10-20(19(25)11-13)31-21(15-4-5-15)18(12-27-31)23(32)28-14(2)24-29-22(30-33-24)16-6-8-17(26)9-7-16;1-14-5-3-4-6-20(14)30-21(16-7-8-16)19(13-26-30)23(31)27-15(2)24-28-22(29-32-24)17-9-11-18(25)12-10-17;1-13(22-25-20(27-31-22)15-4-8-16(23)9-5-15)24-21(29)18-12-28(2)26-19(18)14-6-10-17(30-3)11-7-14/h3-15,17H,1-2H3,(H,26,31);3,6-12,14-15H,4-5H2,1-2H3,(H,28,32);3-6,9-13,15-16H,7-8H2,1-2H3,(H,27,31);4-13H,1-3H3,(H,24,29). The third-order valence-corrected chi connectivity index (χ3v) is 21.4. The van der Waals surface area contributed by atoms with Crippen molar-refractivity contribution in [3.63, 3.8) is 0 Å². The molecule has 0 saturated heterocycles. The van der Waals surface area contributed by atoms with Gasteiger partial charge < -0.3 is 48.5 Å². The number of aryl methyl sites for hydroxylation is 4. The van der Waals surface area contributed by atoms with Crippen molar-refractivity contribution in [1.82, 2.24) is 101 Å². The fourth-order valence-electron chi connectivity index (χ4n) is 14.0. The molecule has 9 heterocycles. The van der Waals surface area contributed by atoms with E-state index >= 15 is 0 Å². The van der Waals surface area contributed by atoms with Gasteiger partial charge in [0.2, 0.25) is 46.9 Å². The minimum absolute atomic E-state index is 0.235. The first-order valence-corrected chi connectivity index (χ1v) is 41.6. The molecule has 9 aromatic heterocycles. The van der Waals surface area contributed by atoms with E-state index in [1.807, 2.05) is 147 Å². The highest BCUT2D eigenvalue weighted by molar-refractivity contribution is 6.32. The van der Waals surface area contributed by atoms with Crippen molar-refractivity contribution in [2.45, 2.75) is 110 Å². The molecule has 0 radical (unpaired) electrons. The highest BCUT2D eigenvalue weighted by Crippen LogP contribution is 2.45. The van der Waals surface area contributed by atoms with E-state index < -0.39 is 24.2 Å². The molecule has 652 valence electrons. The molecule has 34 heteroatoms. The first-order chi connectivity index (χ1) is 62.4.